The number of ether oxygens (including phenoxy) is 2. The molecule has 0 bridgehead atoms. The number of nitrogens with one attached hydrogen (secondary N) is 1. The zero-order valence-electron chi connectivity index (χ0n) is 15.2. The number of benzene rings is 2. The zero-order valence-corrected chi connectivity index (χ0v) is 16.0. The van der Waals surface area contributed by atoms with Gasteiger partial charge in [0.15, 0.2) is 5.11 Å². The van der Waals surface area contributed by atoms with E-state index in [1.54, 1.807) is 18.1 Å². The van der Waals surface area contributed by atoms with Crippen molar-refractivity contribution < 1.29 is 14.3 Å². The molecule has 0 aliphatic carbocycles. The molecular formula is C21H22N2O3S. The Morgan fingerprint density at radius 2 is 1.85 bits per heavy atom. The van der Waals surface area contributed by atoms with E-state index in [4.69, 9.17) is 21.7 Å². The van der Waals surface area contributed by atoms with E-state index in [1.165, 1.54) is 0 Å². The molecule has 0 saturated carbocycles. The first-order valence-corrected chi connectivity index (χ1v) is 9.18. The van der Waals surface area contributed by atoms with Gasteiger partial charge in [-0.3, -0.25) is 9.69 Å². The van der Waals surface area contributed by atoms with E-state index in [0.717, 1.165) is 23.3 Å². The molecule has 1 saturated heterocycles. The van der Waals surface area contributed by atoms with Gasteiger partial charge in [0, 0.05) is 20.3 Å². The lowest BCUT2D eigenvalue weighted by Crippen LogP contribution is -2.32. The first kappa shape index (κ1) is 19.1. The summed E-state index contributed by atoms with van der Waals surface area (Å²) in [6.07, 6.45) is 2.54. The van der Waals surface area contributed by atoms with Gasteiger partial charge in [-0.25, -0.2) is 0 Å². The Morgan fingerprint density at radius 3 is 2.56 bits per heavy atom. The van der Waals surface area contributed by atoms with Crippen LogP contribution in [0.4, 0.5) is 0 Å². The van der Waals surface area contributed by atoms with Crippen LogP contribution in [-0.4, -0.2) is 36.2 Å². The molecule has 1 fully saturated rings. The van der Waals surface area contributed by atoms with Crippen LogP contribution in [0.1, 0.15) is 17.5 Å². The van der Waals surface area contributed by atoms with E-state index in [2.05, 4.69) is 5.32 Å². The van der Waals surface area contributed by atoms with Crippen molar-refractivity contribution in [3.05, 3.63) is 71.4 Å². The van der Waals surface area contributed by atoms with E-state index >= 15 is 0 Å². The van der Waals surface area contributed by atoms with Crippen LogP contribution in [0, 0.1) is 0 Å². The standard InChI is InChI=1S/C21H22N2O3S/c1-25-13-5-12-23-20(24)19(22-21(23)27)14-16-8-10-18(11-9-16)26-15-17-6-3-2-4-7-17/h2-4,6-11,14H,5,12-13,15H2,1H3,(H,22,27)/b19-14+. The minimum absolute atomic E-state index is 0.111. The second-order valence-electron chi connectivity index (χ2n) is 6.13. The van der Waals surface area contributed by atoms with Gasteiger partial charge in [-0.15, -0.1) is 0 Å². The molecule has 140 valence electrons. The normalized spacial score (nSPS) is 15.3. The van der Waals surface area contributed by atoms with Gasteiger partial charge in [-0.05, 0) is 48.0 Å². The van der Waals surface area contributed by atoms with E-state index in [9.17, 15) is 4.79 Å². The van der Waals surface area contributed by atoms with E-state index in [1.807, 2.05) is 54.6 Å². The van der Waals surface area contributed by atoms with Crippen molar-refractivity contribution in [3.8, 4) is 5.75 Å². The Labute approximate surface area is 164 Å². The molecule has 0 unspecified atom stereocenters. The molecule has 0 aromatic heterocycles. The maximum Gasteiger partial charge on any atom is 0.276 e. The summed E-state index contributed by atoms with van der Waals surface area (Å²) in [5.74, 6) is 0.670. The van der Waals surface area contributed by atoms with Gasteiger partial charge >= 0.3 is 0 Å². The first-order chi connectivity index (χ1) is 13.2. The largest absolute Gasteiger partial charge is 0.489 e. The van der Waals surface area contributed by atoms with Crippen LogP contribution in [0.5, 0.6) is 5.75 Å². The molecule has 0 spiro atoms. The predicted molar refractivity (Wildman–Crippen MR) is 109 cm³/mol. The molecule has 3 rings (SSSR count). The smallest absolute Gasteiger partial charge is 0.276 e. The highest BCUT2D eigenvalue weighted by Crippen LogP contribution is 2.18. The maximum atomic E-state index is 12.5. The molecule has 1 aliphatic heterocycles. The molecule has 0 radical (unpaired) electrons. The third-order valence-electron chi connectivity index (χ3n) is 4.13. The first-order valence-electron chi connectivity index (χ1n) is 8.77. The number of methoxy groups -OCH3 is 1. The highest BCUT2D eigenvalue weighted by atomic mass is 32.1. The van der Waals surface area contributed by atoms with Gasteiger partial charge < -0.3 is 14.8 Å². The number of carbonyl (C=O) groups is 1. The van der Waals surface area contributed by atoms with Gasteiger partial charge in [-0.2, -0.15) is 0 Å². The van der Waals surface area contributed by atoms with E-state index in [-0.39, 0.29) is 5.91 Å². The average Bonchev–Trinajstić information content (AvgIpc) is 2.96. The highest BCUT2D eigenvalue weighted by molar-refractivity contribution is 7.80. The number of hydrogen-bond donors (Lipinski definition) is 1. The van der Waals surface area contributed by atoms with Gasteiger partial charge in [0.2, 0.25) is 0 Å². The lowest BCUT2D eigenvalue weighted by atomic mass is 10.2. The molecule has 1 amide bonds. The van der Waals surface area contributed by atoms with Crippen LogP contribution in [0.3, 0.4) is 0 Å². The molecule has 2 aromatic carbocycles. The average molecular weight is 382 g/mol. The fraction of sp³-hybridized carbons (Fsp3) is 0.238. The SMILES string of the molecule is COCCCN1C(=O)/C(=C\c2ccc(OCc3ccccc3)cc2)NC1=S. The van der Waals surface area contributed by atoms with Crippen molar-refractivity contribution in [1.82, 2.24) is 10.2 Å². The predicted octanol–water partition coefficient (Wildman–Crippen LogP) is 3.36. The second kappa shape index (κ2) is 9.30. The number of hydrogen-bond acceptors (Lipinski definition) is 4. The quantitative estimate of drug-likeness (QED) is 0.431. The summed E-state index contributed by atoms with van der Waals surface area (Å²) in [5, 5.41) is 3.42. The maximum absolute atomic E-state index is 12.5. The van der Waals surface area contributed by atoms with Crippen molar-refractivity contribution in [2.45, 2.75) is 13.0 Å². The summed E-state index contributed by atoms with van der Waals surface area (Å²) >= 11 is 5.25. The third kappa shape index (κ3) is 5.15. The van der Waals surface area contributed by atoms with E-state index < -0.39 is 0 Å². The van der Waals surface area contributed by atoms with Gasteiger partial charge in [0.25, 0.3) is 5.91 Å². The molecule has 27 heavy (non-hydrogen) atoms. The second-order valence-corrected chi connectivity index (χ2v) is 6.52. The van der Waals surface area contributed by atoms with Crippen molar-refractivity contribution in [2.75, 3.05) is 20.3 Å². The van der Waals surface area contributed by atoms with Crippen LogP contribution in [-0.2, 0) is 16.1 Å². The highest BCUT2D eigenvalue weighted by Gasteiger charge is 2.29. The molecule has 1 heterocycles. The Hall–Kier alpha value is -2.70. The van der Waals surface area contributed by atoms with Crippen LogP contribution in [0.15, 0.2) is 60.3 Å². The number of carbonyl (C=O) groups excluding carboxylic acids is 1. The van der Waals surface area contributed by atoms with Crippen LogP contribution < -0.4 is 10.1 Å². The van der Waals surface area contributed by atoms with Crippen molar-refractivity contribution in [3.63, 3.8) is 0 Å². The molecule has 0 atom stereocenters. The Balaban J connectivity index is 1.60. The van der Waals surface area contributed by atoms with Crippen LogP contribution in [0.25, 0.3) is 6.08 Å². The van der Waals surface area contributed by atoms with Gasteiger partial charge in [-0.1, -0.05) is 42.5 Å². The summed E-state index contributed by atoms with van der Waals surface area (Å²) in [7, 11) is 1.64. The topological polar surface area (TPSA) is 50.8 Å². The van der Waals surface area contributed by atoms with Crippen molar-refractivity contribution in [1.29, 1.82) is 0 Å². The molecular weight excluding hydrogens is 360 g/mol. The Kier molecular flexibility index (Phi) is 6.57. The molecule has 5 nitrogen and oxygen atoms in total. The summed E-state index contributed by atoms with van der Waals surface area (Å²) in [4.78, 5) is 14.0. The van der Waals surface area contributed by atoms with Crippen LogP contribution >= 0.6 is 12.2 Å². The number of thiocarbonyl (C=S) groups is 1. The lowest BCUT2D eigenvalue weighted by molar-refractivity contribution is -0.122. The van der Waals surface area contributed by atoms with E-state index in [0.29, 0.717) is 30.6 Å². The third-order valence-corrected chi connectivity index (χ3v) is 4.45. The number of rotatable bonds is 8. The fourth-order valence-electron chi connectivity index (χ4n) is 2.71. The monoisotopic (exact) mass is 382 g/mol. The summed E-state index contributed by atoms with van der Waals surface area (Å²) in [5.41, 5.74) is 2.50. The van der Waals surface area contributed by atoms with Crippen molar-refractivity contribution in [2.24, 2.45) is 0 Å². The fourth-order valence-corrected chi connectivity index (χ4v) is 2.99. The van der Waals surface area contributed by atoms with Crippen LogP contribution in [0.2, 0.25) is 0 Å². The zero-order chi connectivity index (χ0) is 19.1. The molecule has 2 aromatic rings. The lowest BCUT2D eigenvalue weighted by Gasteiger charge is -2.12. The number of amides is 1. The minimum Gasteiger partial charge on any atom is -0.489 e. The molecule has 6 heteroatoms. The molecule has 1 aliphatic rings. The van der Waals surface area contributed by atoms with Gasteiger partial charge in [0.05, 0.1) is 0 Å². The summed E-state index contributed by atoms with van der Waals surface area (Å²) in [6.45, 7) is 1.66. The van der Waals surface area contributed by atoms with Crippen molar-refractivity contribution >= 4 is 29.3 Å². The summed E-state index contributed by atoms with van der Waals surface area (Å²) in [6, 6.07) is 17.6. The Morgan fingerprint density at radius 1 is 1.11 bits per heavy atom. The number of nitrogens with zero attached hydrogens (tertiary/aromatic N) is 1. The minimum atomic E-state index is -0.111. The Bertz CT molecular complexity index is 819. The van der Waals surface area contributed by atoms with Gasteiger partial charge in [0.1, 0.15) is 18.1 Å². The summed E-state index contributed by atoms with van der Waals surface area (Å²) < 4.78 is 10.8. The molecule has 1 N–H and O–H groups in total.